The minimum atomic E-state index is 0.113. The highest BCUT2D eigenvalue weighted by Gasteiger charge is 2.11. The zero-order valence-electron chi connectivity index (χ0n) is 8.67. The fourth-order valence-corrected chi connectivity index (χ4v) is 1.33. The number of methoxy groups -OCH3 is 1. The van der Waals surface area contributed by atoms with E-state index in [1.807, 2.05) is 30.3 Å². The van der Waals surface area contributed by atoms with Crippen LogP contribution in [-0.4, -0.2) is 17.3 Å². The molecule has 0 radical (unpaired) electrons. The molecule has 1 aromatic heterocycles. The number of hydrogen-bond acceptors (Lipinski definition) is 5. The van der Waals surface area contributed by atoms with Gasteiger partial charge in [-0.05, 0) is 12.1 Å². The quantitative estimate of drug-likeness (QED) is 0.780. The Morgan fingerprint density at radius 3 is 3.00 bits per heavy atom. The molecule has 5 heteroatoms. The van der Waals surface area contributed by atoms with Crippen LogP contribution in [0.15, 0.2) is 28.8 Å². The van der Waals surface area contributed by atoms with Crippen LogP contribution in [0.25, 0.3) is 11.4 Å². The molecule has 0 saturated heterocycles. The number of nitriles is 1. The lowest BCUT2D eigenvalue weighted by Gasteiger charge is -2.02. The van der Waals surface area contributed by atoms with Crippen LogP contribution in [0, 0.1) is 11.3 Å². The molecule has 5 nitrogen and oxygen atoms in total. The Bertz CT molecular complexity index is 528. The summed E-state index contributed by atoms with van der Waals surface area (Å²) in [6.45, 7) is 0. The molecule has 16 heavy (non-hydrogen) atoms. The van der Waals surface area contributed by atoms with Gasteiger partial charge in [-0.25, -0.2) is 0 Å². The van der Waals surface area contributed by atoms with Crippen molar-refractivity contribution in [2.45, 2.75) is 6.42 Å². The van der Waals surface area contributed by atoms with E-state index < -0.39 is 0 Å². The van der Waals surface area contributed by atoms with Gasteiger partial charge < -0.3 is 9.26 Å². The first kappa shape index (κ1) is 10.2. The van der Waals surface area contributed by atoms with Crippen molar-refractivity contribution in [3.05, 3.63) is 30.2 Å². The van der Waals surface area contributed by atoms with E-state index in [0.29, 0.717) is 17.5 Å². The standard InChI is InChI=1S/C11H9N3O2/c1-15-9-5-3-2-4-8(9)11-13-10(6-7-12)16-14-11/h2-5H,6H2,1H3. The van der Waals surface area contributed by atoms with E-state index in [-0.39, 0.29) is 6.42 Å². The Morgan fingerprint density at radius 1 is 1.44 bits per heavy atom. The van der Waals surface area contributed by atoms with Gasteiger partial charge in [0.1, 0.15) is 12.2 Å². The Hall–Kier alpha value is -2.35. The first-order chi connectivity index (χ1) is 7.85. The predicted octanol–water partition coefficient (Wildman–Crippen LogP) is 1.81. The highest BCUT2D eigenvalue weighted by atomic mass is 16.5. The summed E-state index contributed by atoms with van der Waals surface area (Å²) in [5.74, 6) is 1.41. The fraction of sp³-hybridized carbons (Fsp3) is 0.182. The minimum absolute atomic E-state index is 0.113. The SMILES string of the molecule is COc1ccccc1-c1noc(CC#N)n1. The lowest BCUT2D eigenvalue weighted by molar-refractivity contribution is 0.386. The average molecular weight is 215 g/mol. The number of ether oxygens (including phenoxy) is 1. The van der Waals surface area contributed by atoms with Crippen molar-refractivity contribution in [3.8, 4) is 23.2 Å². The van der Waals surface area contributed by atoms with Gasteiger partial charge in [-0.2, -0.15) is 10.2 Å². The molecule has 0 aliphatic heterocycles. The maximum atomic E-state index is 8.50. The zero-order chi connectivity index (χ0) is 11.4. The molecule has 0 amide bonds. The van der Waals surface area contributed by atoms with E-state index in [4.69, 9.17) is 14.5 Å². The van der Waals surface area contributed by atoms with Crippen molar-refractivity contribution >= 4 is 0 Å². The molecule has 0 atom stereocenters. The normalized spacial score (nSPS) is 9.75. The van der Waals surface area contributed by atoms with Gasteiger partial charge >= 0.3 is 0 Å². The van der Waals surface area contributed by atoms with E-state index in [0.717, 1.165) is 5.56 Å². The number of rotatable bonds is 3. The van der Waals surface area contributed by atoms with E-state index in [2.05, 4.69) is 10.1 Å². The van der Waals surface area contributed by atoms with Crippen LogP contribution in [0.2, 0.25) is 0 Å². The fourth-order valence-electron chi connectivity index (χ4n) is 1.33. The van der Waals surface area contributed by atoms with E-state index in [1.165, 1.54) is 0 Å². The third-order valence-electron chi connectivity index (χ3n) is 2.05. The predicted molar refractivity (Wildman–Crippen MR) is 55.6 cm³/mol. The summed E-state index contributed by atoms with van der Waals surface area (Å²) in [5.41, 5.74) is 0.748. The molecule has 0 aliphatic rings. The molecule has 0 bridgehead atoms. The molecule has 0 saturated carbocycles. The van der Waals surface area contributed by atoms with Crippen LogP contribution in [0.1, 0.15) is 5.89 Å². The molecule has 2 aromatic rings. The van der Waals surface area contributed by atoms with Crippen molar-refractivity contribution in [2.24, 2.45) is 0 Å². The summed E-state index contributed by atoms with van der Waals surface area (Å²) in [4.78, 5) is 4.10. The zero-order valence-corrected chi connectivity index (χ0v) is 8.67. The minimum Gasteiger partial charge on any atom is -0.496 e. The van der Waals surface area contributed by atoms with Crippen molar-refractivity contribution < 1.29 is 9.26 Å². The van der Waals surface area contributed by atoms with Crippen LogP contribution in [0.5, 0.6) is 5.75 Å². The van der Waals surface area contributed by atoms with Gasteiger partial charge in [0, 0.05) is 0 Å². The molecule has 0 N–H and O–H groups in total. The lowest BCUT2D eigenvalue weighted by Crippen LogP contribution is -1.89. The van der Waals surface area contributed by atoms with E-state index in [1.54, 1.807) is 7.11 Å². The van der Waals surface area contributed by atoms with Crippen LogP contribution >= 0.6 is 0 Å². The van der Waals surface area contributed by atoms with Crippen LogP contribution in [-0.2, 0) is 6.42 Å². The number of aromatic nitrogens is 2. The third kappa shape index (κ3) is 1.86. The summed E-state index contributed by atoms with van der Waals surface area (Å²) >= 11 is 0. The molecular formula is C11H9N3O2. The van der Waals surface area contributed by atoms with Gasteiger partial charge in [-0.15, -0.1) is 0 Å². The molecule has 80 valence electrons. The van der Waals surface area contributed by atoms with Gasteiger partial charge in [-0.3, -0.25) is 0 Å². The first-order valence-corrected chi connectivity index (χ1v) is 4.68. The van der Waals surface area contributed by atoms with Crippen molar-refractivity contribution in [1.82, 2.24) is 10.1 Å². The van der Waals surface area contributed by atoms with Gasteiger partial charge in [0.2, 0.25) is 11.7 Å². The smallest absolute Gasteiger partial charge is 0.241 e. The number of para-hydroxylation sites is 1. The monoisotopic (exact) mass is 215 g/mol. The molecule has 2 rings (SSSR count). The first-order valence-electron chi connectivity index (χ1n) is 4.68. The van der Waals surface area contributed by atoms with Crippen LogP contribution in [0.4, 0.5) is 0 Å². The maximum absolute atomic E-state index is 8.50. The lowest BCUT2D eigenvalue weighted by atomic mass is 10.2. The Balaban J connectivity index is 2.39. The second-order valence-electron chi connectivity index (χ2n) is 3.05. The molecular weight excluding hydrogens is 206 g/mol. The average Bonchev–Trinajstić information content (AvgIpc) is 2.78. The third-order valence-corrected chi connectivity index (χ3v) is 2.05. The maximum Gasteiger partial charge on any atom is 0.241 e. The summed E-state index contributed by atoms with van der Waals surface area (Å²) < 4.78 is 10.1. The Morgan fingerprint density at radius 2 is 2.25 bits per heavy atom. The van der Waals surface area contributed by atoms with Crippen molar-refractivity contribution in [2.75, 3.05) is 7.11 Å². The Labute approximate surface area is 92.3 Å². The second-order valence-corrected chi connectivity index (χ2v) is 3.05. The summed E-state index contributed by atoms with van der Waals surface area (Å²) in [7, 11) is 1.58. The van der Waals surface area contributed by atoms with Crippen molar-refractivity contribution in [1.29, 1.82) is 5.26 Å². The van der Waals surface area contributed by atoms with Crippen molar-refractivity contribution in [3.63, 3.8) is 0 Å². The van der Waals surface area contributed by atoms with E-state index in [9.17, 15) is 0 Å². The number of benzene rings is 1. The molecule has 0 unspecified atom stereocenters. The van der Waals surface area contributed by atoms with Gasteiger partial charge in [0.15, 0.2) is 0 Å². The molecule has 0 fully saturated rings. The molecule has 1 aromatic carbocycles. The highest BCUT2D eigenvalue weighted by Crippen LogP contribution is 2.26. The van der Waals surface area contributed by atoms with Gasteiger partial charge in [0.05, 0.1) is 18.7 Å². The van der Waals surface area contributed by atoms with Crippen LogP contribution < -0.4 is 4.74 Å². The van der Waals surface area contributed by atoms with E-state index >= 15 is 0 Å². The summed E-state index contributed by atoms with van der Waals surface area (Å²) in [6, 6.07) is 9.32. The largest absolute Gasteiger partial charge is 0.496 e. The highest BCUT2D eigenvalue weighted by molar-refractivity contribution is 5.63. The van der Waals surface area contributed by atoms with Gasteiger partial charge in [0.25, 0.3) is 0 Å². The molecule has 1 heterocycles. The summed E-state index contributed by atoms with van der Waals surface area (Å²) in [6.07, 6.45) is 0.113. The van der Waals surface area contributed by atoms with Crippen LogP contribution in [0.3, 0.4) is 0 Å². The van der Waals surface area contributed by atoms with Gasteiger partial charge in [-0.1, -0.05) is 17.3 Å². The number of nitrogens with zero attached hydrogens (tertiary/aromatic N) is 3. The topological polar surface area (TPSA) is 71.9 Å². The Kier molecular flexibility index (Phi) is 2.83. The second kappa shape index (κ2) is 4.45. The number of hydrogen-bond donors (Lipinski definition) is 0. The molecule has 0 aliphatic carbocycles. The summed E-state index contributed by atoms with van der Waals surface area (Å²) in [5, 5.41) is 12.3. The molecule has 0 spiro atoms.